The van der Waals surface area contributed by atoms with Gasteiger partial charge >= 0.3 is 0 Å². The smallest absolute Gasteiger partial charge is 0.163 e. The quantitative estimate of drug-likeness (QED) is 0.705. The average Bonchev–Trinajstić information content (AvgIpc) is 3.27. The van der Waals surface area contributed by atoms with Crippen molar-refractivity contribution < 1.29 is 18.6 Å². The molecule has 4 nitrogen and oxygen atoms in total. The minimum atomic E-state index is -0.289. The van der Waals surface area contributed by atoms with Gasteiger partial charge in [-0.2, -0.15) is 0 Å². The van der Waals surface area contributed by atoms with Crippen LogP contribution in [0.5, 0.6) is 11.5 Å². The van der Waals surface area contributed by atoms with Crippen molar-refractivity contribution in [3.8, 4) is 11.5 Å². The molecule has 1 N–H and O–H groups in total. The summed E-state index contributed by atoms with van der Waals surface area (Å²) >= 11 is 0. The van der Waals surface area contributed by atoms with Crippen molar-refractivity contribution in [3.05, 3.63) is 23.5 Å². The topological polar surface area (TPSA) is 39.7 Å². The number of benzene rings is 1. The zero-order chi connectivity index (χ0) is 14.4. The molecular formula is C15H22FNO3. The van der Waals surface area contributed by atoms with E-state index in [1.807, 2.05) is 0 Å². The summed E-state index contributed by atoms with van der Waals surface area (Å²) < 4.78 is 29.6. The molecule has 1 saturated carbocycles. The highest BCUT2D eigenvalue weighted by atomic mass is 19.1. The SMILES string of the molecule is COc1cc(F)c(CCOCCNC2CC2)cc1OC. The first-order valence-corrected chi connectivity index (χ1v) is 6.96. The van der Waals surface area contributed by atoms with Gasteiger partial charge in [-0.15, -0.1) is 0 Å². The van der Waals surface area contributed by atoms with E-state index in [0.717, 1.165) is 6.54 Å². The van der Waals surface area contributed by atoms with Crippen LogP contribution in [0.3, 0.4) is 0 Å². The Balaban J connectivity index is 1.76. The molecule has 5 heteroatoms. The van der Waals surface area contributed by atoms with Gasteiger partial charge in [0, 0.05) is 18.7 Å². The first kappa shape index (κ1) is 15.1. The Morgan fingerprint density at radius 1 is 1.15 bits per heavy atom. The molecule has 0 radical (unpaired) electrons. The lowest BCUT2D eigenvalue weighted by Crippen LogP contribution is -2.22. The zero-order valence-electron chi connectivity index (χ0n) is 12.1. The maximum Gasteiger partial charge on any atom is 0.163 e. The summed E-state index contributed by atoms with van der Waals surface area (Å²) in [5, 5.41) is 3.36. The molecule has 0 aliphatic heterocycles. The maximum atomic E-state index is 13.8. The standard InChI is InChI=1S/C15H22FNO3/c1-18-14-9-11(13(16)10-15(14)19-2)5-7-20-8-6-17-12-3-4-12/h9-10,12,17H,3-8H2,1-2H3. The van der Waals surface area contributed by atoms with Crippen LogP contribution in [0, 0.1) is 5.82 Å². The molecule has 1 aliphatic carbocycles. The van der Waals surface area contributed by atoms with Crippen LogP contribution in [-0.2, 0) is 11.2 Å². The third-order valence-corrected chi connectivity index (χ3v) is 3.33. The van der Waals surface area contributed by atoms with Gasteiger partial charge in [0.25, 0.3) is 0 Å². The maximum absolute atomic E-state index is 13.8. The van der Waals surface area contributed by atoms with Crippen LogP contribution in [0.25, 0.3) is 0 Å². The summed E-state index contributed by atoms with van der Waals surface area (Å²) in [6, 6.07) is 3.71. The summed E-state index contributed by atoms with van der Waals surface area (Å²) in [5.74, 6) is 0.657. The van der Waals surface area contributed by atoms with Gasteiger partial charge in [0.05, 0.1) is 27.4 Å². The van der Waals surface area contributed by atoms with E-state index in [-0.39, 0.29) is 5.82 Å². The van der Waals surface area contributed by atoms with Gasteiger partial charge in [0.15, 0.2) is 11.5 Å². The van der Waals surface area contributed by atoms with E-state index in [1.54, 1.807) is 13.2 Å². The Hall–Kier alpha value is -1.33. The summed E-state index contributed by atoms with van der Waals surface area (Å²) in [5.41, 5.74) is 0.581. The van der Waals surface area contributed by atoms with Crippen molar-refractivity contribution >= 4 is 0 Å². The van der Waals surface area contributed by atoms with Crippen LogP contribution in [0.4, 0.5) is 4.39 Å². The number of methoxy groups -OCH3 is 2. The van der Waals surface area contributed by atoms with E-state index in [1.165, 1.54) is 26.0 Å². The lowest BCUT2D eigenvalue weighted by atomic mass is 10.1. The van der Waals surface area contributed by atoms with E-state index in [4.69, 9.17) is 14.2 Å². The molecule has 1 aromatic rings. The Labute approximate surface area is 119 Å². The molecule has 0 unspecified atom stereocenters. The molecule has 0 aromatic heterocycles. The summed E-state index contributed by atoms with van der Waals surface area (Å²) in [6.45, 7) is 2.02. The molecule has 2 rings (SSSR count). The molecule has 0 amide bonds. The van der Waals surface area contributed by atoms with Crippen LogP contribution in [0.1, 0.15) is 18.4 Å². The lowest BCUT2D eigenvalue weighted by Gasteiger charge is -2.11. The van der Waals surface area contributed by atoms with Crippen LogP contribution in [-0.4, -0.2) is 40.0 Å². The zero-order valence-corrected chi connectivity index (χ0v) is 12.1. The molecule has 0 saturated heterocycles. The number of hydrogen-bond acceptors (Lipinski definition) is 4. The number of halogens is 1. The van der Waals surface area contributed by atoms with Gasteiger partial charge in [-0.3, -0.25) is 0 Å². The average molecular weight is 283 g/mol. The van der Waals surface area contributed by atoms with Crippen molar-refractivity contribution in [1.82, 2.24) is 5.32 Å². The second-order valence-electron chi connectivity index (χ2n) is 4.89. The molecule has 0 atom stereocenters. The monoisotopic (exact) mass is 283 g/mol. The molecular weight excluding hydrogens is 261 g/mol. The molecule has 0 spiro atoms. The Morgan fingerprint density at radius 2 is 1.85 bits per heavy atom. The highest BCUT2D eigenvalue weighted by Crippen LogP contribution is 2.29. The normalized spacial score (nSPS) is 14.3. The Morgan fingerprint density at radius 3 is 2.50 bits per heavy atom. The van der Waals surface area contributed by atoms with Gasteiger partial charge in [-0.05, 0) is 30.9 Å². The van der Waals surface area contributed by atoms with Crippen LogP contribution in [0.15, 0.2) is 12.1 Å². The number of rotatable bonds is 9. The Bertz CT molecular complexity index is 435. The Kier molecular flexibility index (Phi) is 5.61. The second-order valence-corrected chi connectivity index (χ2v) is 4.89. The predicted octanol–water partition coefficient (Wildman–Crippen LogP) is 2.15. The fourth-order valence-electron chi connectivity index (χ4n) is 1.99. The molecule has 1 fully saturated rings. The molecule has 1 aromatic carbocycles. The minimum Gasteiger partial charge on any atom is -0.493 e. The van der Waals surface area contributed by atoms with Crippen molar-refractivity contribution in [2.45, 2.75) is 25.3 Å². The van der Waals surface area contributed by atoms with E-state index in [0.29, 0.717) is 42.7 Å². The van der Waals surface area contributed by atoms with E-state index in [9.17, 15) is 4.39 Å². The number of nitrogens with one attached hydrogen (secondary N) is 1. The van der Waals surface area contributed by atoms with E-state index < -0.39 is 0 Å². The molecule has 0 heterocycles. The molecule has 20 heavy (non-hydrogen) atoms. The van der Waals surface area contributed by atoms with Crippen LogP contribution >= 0.6 is 0 Å². The second kappa shape index (κ2) is 7.45. The number of ether oxygens (including phenoxy) is 3. The van der Waals surface area contributed by atoms with E-state index in [2.05, 4.69) is 5.32 Å². The molecule has 112 valence electrons. The van der Waals surface area contributed by atoms with Crippen LogP contribution < -0.4 is 14.8 Å². The fourth-order valence-corrected chi connectivity index (χ4v) is 1.99. The molecule has 1 aliphatic rings. The summed E-state index contributed by atoms with van der Waals surface area (Å²) in [7, 11) is 3.03. The van der Waals surface area contributed by atoms with Crippen molar-refractivity contribution in [1.29, 1.82) is 0 Å². The van der Waals surface area contributed by atoms with Gasteiger partial charge in [-0.1, -0.05) is 0 Å². The lowest BCUT2D eigenvalue weighted by molar-refractivity contribution is 0.138. The van der Waals surface area contributed by atoms with Gasteiger partial charge in [0.2, 0.25) is 0 Å². The third-order valence-electron chi connectivity index (χ3n) is 3.33. The van der Waals surface area contributed by atoms with Gasteiger partial charge in [-0.25, -0.2) is 4.39 Å². The first-order valence-electron chi connectivity index (χ1n) is 6.96. The predicted molar refractivity (Wildman–Crippen MR) is 75.1 cm³/mol. The first-order chi connectivity index (χ1) is 9.74. The molecule has 0 bridgehead atoms. The van der Waals surface area contributed by atoms with Crippen LogP contribution in [0.2, 0.25) is 0 Å². The minimum absolute atomic E-state index is 0.289. The van der Waals surface area contributed by atoms with Gasteiger partial charge in [0.1, 0.15) is 5.82 Å². The van der Waals surface area contributed by atoms with Crippen molar-refractivity contribution in [2.75, 3.05) is 34.0 Å². The van der Waals surface area contributed by atoms with Crippen molar-refractivity contribution in [3.63, 3.8) is 0 Å². The summed E-state index contributed by atoms with van der Waals surface area (Å²) in [4.78, 5) is 0. The highest BCUT2D eigenvalue weighted by molar-refractivity contribution is 5.43. The fraction of sp³-hybridized carbons (Fsp3) is 0.600. The van der Waals surface area contributed by atoms with Gasteiger partial charge < -0.3 is 19.5 Å². The summed E-state index contributed by atoms with van der Waals surface area (Å²) in [6.07, 6.45) is 3.07. The van der Waals surface area contributed by atoms with E-state index >= 15 is 0 Å². The highest BCUT2D eigenvalue weighted by Gasteiger charge is 2.19. The largest absolute Gasteiger partial charge is 0.493 e. The third kappa shape index (κ3) is 4.35. The van der Waals surface area contributed by atoms with Crippen molar-refractivity contribution in [2.24, 2.45) is 0 Å². The number of hydrogen-bond donors (Lipinski definition) is 1.